The van der Waals surface area contributed by atoms with Gasteiger partial charge in [0.25, 0.3) is 0 Å². The van der Waals surface area contributed by atoms with Gasteiger partial charge >= 0.3 is 0 Å². The zero-order valence-electron chi connectivity index (χ0n) is 13.8. The molecule has 1 N–H and O–H groups in total. The summed E-state index contributed by atoms with van der Waals surface area (Å²) in [5.41, 5.74) is 0. The van der Waals surface area contributed by atoms with E-state index in [1.165, 1.54) is 6.42 Å². The molecular weight excluding hydrogens is 250 g/mol. The molecule has 0 bridgehead atoms. The van der Waals surface area contributed by atoms with Gasteiger partial charge in [-0.2, -0.15) is 0 Å². The quantitative estimate of drug-likeness (QED) is 0.704. The average molecular weight is 283 g/mol. The highest BCUT2D eigenvalue weighted by Gasteiger charge is 2.30. The van der Waals surface area contributed by atoms with E-state index < -0.39 is 0 Å². The van der Waals surface area contributed by atoms with Gasteiger partial charge in [0.05, 0.1) is 6.04 Å². The van der Waals surface area contributed by atoms with Gasteiger partial charge in [0.1, 0.15) is 0 Å². The lowest BCUT2D eigenvalue weighted by Crippen LogP contribution is -2.53. The summed E-state index contributed by atoms with van der Waals surface area (Å²) in [7, 11) is 0. The van der Waals surface area contributed by atoms with Gasteiger partial charge < -0.3 is 15.1 Å². The Labute approximate surface area is 124 Å². The van der Waals surface area contributed by atoms with Crippen LogP contribution in [0.3, 0.4) is 0 Å². The predicted molar refractivity (Wildman–Crippen MR) is 84.9 cm³/mol. The van der Waals surface area contributed by atoms with Crippen molar-refractivity contribution in [1.82, 2.24) is 15.1 Å². The number of amides is 1. The second kappa shape index (κ2) is 9.35. The van der Waals surface area contributed by atoms with Crippen LogP contribution in [0.5, 0.6) is 0 Å². The fourth-order valence-corrected chi connectivity index (χ4v) is 3.08. The summed E-state index contributed by atoms with van der Waals surface area (Å²) in [6, 6.07) is 0.429. The number of nitrogens with zero attached hydrogens (tertiary/aromatic N) is 2. The molecule has 0 aliphatic carbocycles. The van der Waals surface area contributed by atoms with E-state index in [1.54, 1.807) is 0 Å². The van der Waals surface area contributed by atoms with Crippen molar-refractivity contribution in [2.24, 2.45) is 0 Å². The van der Waals surface area contributed by atoms with E-state index in [-0.39, 0.29) is 6.04 Å². The van der Waals surface area contributed by atoms with Gasteiger partial charge in [0.15, 0.2) is 0 Å². The molecule has 1 rings (SSSR count). The number of rotatable bonds is 9. The molecule has 4 heteroatoms. The van der Waals surface area contributed by atoms with E-state index in [9.17, 15) is 4.79 Å². The van der Waals surface area contributed by atoms with Crippen LogP contribution in [-0.2, 0) is 4.79 Å². The molecule has 20 heavy (non-hydrogen) atoms. The Hall–Kier alpha value is -0.610. The van der Waals surface area contributed by atoms with Gasteiger partial charge in [-0.3, -0.25) is 4.79 Å². The van der Waals surface area contributed by atoms with Crippen LogP contribution < -0.4 is 5.32 Å². The van der Waals surface area contributed by atoms with Crippen molar-refractivity contribution < 1.29 is 4.79 Å². The summed E-state index contributed by atoms with van der Waals surface area (Å²) in [6.07, 6.45) is 4.42. The molecule has 118 valence electrons. The summed E-state index contributed by atoms with van der Waals surface area (Å²) >= 11 is 0. The third-order valence-electron chi connectivity index (χ3n) is 4.45. The Morgan fingerprint density at radius 1 is 1.35 bits per heavy atom. The molecule has 0 aromatic heterocycles. The third-order valence-corrected chi connectivity index (χ3v) is 4.45. The first-order valence-electron chi connectivity index (χ1n) is 8.40. The number of likely N-dealkylation sites (tertiary alicyclic amines) is 1. The minimum Gasteiger partial charge on any atom is -0.339 e. The number of piperidine rings is 1. The molecule has 0 saturated carbocycles. The zero-order valence-corrected chi connectivity index (χ0v) is 13.8. The Kier molecular flexibility index (Phi) is 8.15. The van der Waals surface area contributed by atoms with Gasteiger partial charge in [0.2, 0.25) is 5.91 Å². The molecule has 0 spiro atoms. The molecule has 2 atom stereocenters. The number of hydrogen-bond acceptors (Lipinski definition) is 3. The summed E-state index contributed by atoms with van der Waals surface area (Å²) in [5.74, 6) is 0.313. The standard InChI is InChI=1S/C16H33N3O/c1-5-17-15-11-9-13-19(16(15)20)14(4)10-8-12-18(6-2)7-3/h14-15,17H,5-13H2,1-4H3. The summed E-state index contributed by atoms with van der Waals surface area (Å²) in [5, 5.41) is 3.31. The van der Waals surface area contributed by atoms with Crippen LogP contribution in [0.1, 0.15) is 53.4 Å². The first-order chi connectivity index (χ1) is 9.63. The second-order valence-corrected chi connectivity index (χ2v) is 5.80. The van der Waals surface area contributed by atoms with E-state index in [1.807, 2.05) is 0 Å². The van der Waals surface area contributed by atoms with Crippen LogP contribution in [-0.4, -0.2) is 60.5 Å². The maximum absolute atomic E-state index is 12.4. The fraction of sp³-hybridized carbons (Fsp3) is 0.938. The van der Waals surface area contributed by atoms with Crippen molar-refractivity contribution in [2.45, 2.75) is 65.5 Å². The number of carbonyl (C=O) groups excluding carboxylic acids is 1. The van der Waals surface area contributed by atoms with Gasteiger partial charge in [-0.05, 0) is 58.8 Å². The lowest BCUT2D eigenvalue weighted by molar-refractivity contribution is -0.138. The lowest BCUT2D eigenvalue weighted by Gasteiger charge is -2.37. The third kappa shape index (κ3) is 5.06. The molecule has 1 fully saturated rings. The molecular formula is C16H33N3O. The number of nitrogens with one attached hydrogen (secondary N) is 1. The molecule has 1 amide bonds. The topological polar surface area (TPSA) is 35.6 Å². The van der Waals surface area contributed by atoms with Crippen molar-refractivity contribution in [1.29, 1.82) is 0 Å². The lowest BCUT2D eigenvalue weighted by atomic mass is 10.0. The highest BCUT2D eigenvalue weighted by Crippen LogP contribution is 2.17. The van der Waals surface area contributed by atoms with Crippen LogP contribution >= 0.6 is 0 Å². The highest BCUT2D eigenvalue weighted by molar-refractivity contribution is 5.82. The molecule has 1 aliphatic rings. The van der Waals surface area contributed by atoms with Crippen LogP contribution in [0.25, 0.3) is 0 Å². The van der Waals surface area contributed by atoms with Gasteiger partial charge in [-0.1, -0.05) is 20.8 Å². The SMILES string of the molecule is CCNC1CCCN(C(C)CCCN(CC)CC)C1=O. The van der Waals surface area contributed by atoms with E-state index in [4.69, 9.17) is 0 Å². The molecule has 2 unspecified atom stereocenters. The highest BCUT2D eigenvalue weighted by atomic mass is 16.2. The monoisotopic (exact) mass is 283 g/mol. The van der Waals surface area contributed by atoms with Crippen LogP contribution in [0.2, 0.25) is 0 Å². The summed E-state index contributed by atoms with van der Waals surface area (Å²) in [6.45, 7) is 13.9. The minimum atomic E-state index is 0.0546. The van der Waals surface area contributed by atoms with Crippen molar-refractivity contribution >= 4 is 5.91 Å². The molecule has 4 nitrogen and oxygen atoms in total. The Balaban J connectivity index is 2.38. The number of hydrogen-bond donors (Lipinski definition) is 1. The maximum Gasteiger partial charge on any atom is 0.239 e. The van der Waals surface area contributed by atoms with Gasteiger partial charge in [-0.15, -0.1) is 0 Å². The predicted octanol–water partition coefficient (Wildman–Crippen LogP) is 2.10. The van der Waals surface area contributed by atoms with E-state index >= 15 is 0 Å². The molecule has 1 heterocycles. The normalized spacial score (nSPS) is 21.6. The van der Waals surface area contributed by atoms with Crippen molar-refractivity contribution in [3.05, 3.63) is 0 Å². The Bertz CT molecular complexity index is 277. The number of carbonyl (C=O) groups is 1. The summed E-state index contributed by atoms with van der Waals surface area (Å²) in [4.78, 5) is 17.0. The van der Waals surface area contributed by atoms with Crippen LogP contribution in [0, 0.1) is 0 Å². The van der Waals surface area contributed by atoms with Crippen molar-refractivity contribution in [3.8, 4) is 0 Å². The van der Waals surface area contributed by atoms with Gasteiger partial charge in [-0.25, -0.2) is 0 Å². The molecule has 1 saturated heterocycles. The average Bonchev–Trinajstić information content (AvgIpc) is 2.46. The maximum atomic E-state index is 12.4. The Morgan fingerprint density at radius 2 is 2.05 bits per heavy atom. The first kappa shape index (κ1) is 17.4. The largest absolute Gasteiger partial charge is 0.339 e. The molecule has 0 aromatic rings. The smallest absolute Gasteiger partial charge is 0.239 e. The summed E-state index contributed by atoms with van der Waals surface area (Å²) < 4.78 is 0. The first-order valence-corrected chi connectivity index (χ1v) is 8.40. The van der Waals surface area contributed by atoms with E-state index in [2.05, 4.69) is 42.8 Å². The van der Waals surface area contributed by atoms with E-state index in [0.29, 0.717) is 11.9 Å². The minimum absolute atomic E-state index is 0.0546. The van der Waals surface area contributed by atoms with Crippen LogP contribution in [0.15, 0.2) is 0 Å². The Morgan fingerprint density at radius 3 is 2.65 bits per heavy atom. The van der Waals surface area contributed by atoms with Crippen molar-refractivity contribution in [3.63, 3.8) is 0 Å². The van der Waals surface area contributed by atoms with Crippen molar-refractivity contribution in [2.75, 3.05) is 32.7 Å². The van der Waals surface area contributed by atoms with Crippen LogP contribution in [0.4, 0.5) is 0 Å². The molecule has 0 radical (unpaired) electrons. The number of likely N-dealkylation sites (N-methyl/N-ethyl adjacent to an activating group) is 1. The van der Waals surface area contributed by atoms with Gasteiger partial charge in [0, 0.05) is 12.6 Å². The fourth-order valence-electron chi connectivity index (χ4n) is 3.08. The second-order valence-electron chi connectivity index (χ2n) is 5.80. The molecule has 0 aromatic carbocycles. The van der Waals surface area contributed by atoms with E-state index in [0.717, 1.165) is 52.0 Å². The molecule has 1 aliphatic heterocycles. The zero-order chi connectivity index (χ0) is 15.0.